The zero-order chi connectivity index (χ0) is 17.8. The van der Waals surface area contributed by atoms with E-state index in [1.54, 1.807) is 30.3 Å². The quantitative estimate of drug-likeness (QED) is 0.648. The van der Waals surface area contributed by atoms with E-state index in [0.29, 0.717) is 28.4 Å². The third-order valence-corrected chi connectivity index (χ3v) is 4.77. The highest BCUT2D eigenvalue weighted by molar-refractivity contribution is 6.30. The molecule has 25 heavy (non-hydrogen) atoms. The van der Waals surface area contributed by atoms with Gasteiger partial charge in [0.05, 0.1) is 16.7 Å². The minimum Gasteiger partial charge on any atom is -0.467 e. The van der Waals surface area contributed by atoms with E-state index >= 15 is 0 Å². The van der Waals surface area contributed by atoms with Crippen molar-refractivity contribution in [1.82, 2.24) is 5.32 Å². The lowest BCUT2D eigenvalue weighted by Crippen LogP contribution is -2.65. The van der Waals surface area contributed by atoms with Crippen LogP contribution in [0.5, 0.6) is 5.75 Å². The SMILES string of the molecule is C[C@@]12C[C@H](NC(=O)N1c1cccc(Cl)c1)c1cc([N+](=O)[O-])ccc1O2. The summed E-state index contributed by atoms with van der Waals surface area (Å²) in [5, 5.41) is 14.4. The monoisotopic (exact) mass is 359 g/mol. The number of nitrogens with zero attached hydrogens (tertiary/aromatic N) is 2. The van der Waals surface area contributed by atoms with Crippen molar-refractivity contribution in [2.24, 2.45) is 0 Å². The summed E-state index contributed by atoms with van der Waals surface area (Å²) in [6.45, 7) is 1.82. The Morgan fingerprint density at radius 1 is 1.36 bits per heavy atom. The number of ether oxygens (including phenoxy) is 1. The maximum absolute atomic E-state index is 12.7. The van der Waals surface area contributed by atoms with Gasteiger partial charge < -0.3 is 10.1 Å². The van der Waals surface area contributed by atoms with Crippen LogP contribution in [0.25, 0.3) is 0 Å². The normalized spacial score (nSPS) is 24.2. The molecule has 0 saturated carbocycles. The molecule has 2 bridgehead atoms. The van der Waals surface area contributed by atoms with E-state index in [4.69, 9.17) is 16.3 Å². The maximum Gasteiger partial charge on any atom is 0.325 e. The largest absolute Gasteiger partial charge is 0.467 e. The highest BCUT2D eigenvalue weighted by Gasteiger charge is 2.50. The number of fused-ring (bicyclic) bond motifs is 4. The number of halogens is 1. The van der Waals surface area contributed by atoms with Gasteiger partial charge in [-0.2, -0.15) is 0 Å². The molecule has 0 radical (unpaired) electrons. The fourth-order valence-corrected chi connectivity index (χ4v) is 3.67. The van der Waals surface area contributed by atoms with Crippen molar-refractivity contribution in [3.63, 3.8) is 0 Å². The molecule has 128 valence electrons. The first-order valence-electron chi connectivity index (χ1n) is 7.71. The van der Waals surface area contributed by atoms with Crippen molar-refractivity contribution >= 4 is 29.0 Å². The number of nitrogens with one attached hydrogen (secondary N) is 1. The van der Waals surface area contributed by atoms with Gasteiger partial charge in [-0.05, 0) is 31.2 Å². The van der Waals surface area contributed by atoms with E-state index in [2.05, 4.69) is 5.32 Å². The molecule has 1 N–H and O–H groups in total. The number of urea groups is 1. The van der Waals surface area contributed by atoms with Crippen LogP contribution in [0.3, 0.4) is 0 Å². The van der Waals surface area contributed by atoms with Crippen LogP contribution < -0.4 is 15.0 Å². The predicted molar refractivity (Wildman–Crippen MR) is 92.0 cm³/mol. The second kappa shape index (κ2) is 5.35. The van der Waals surface area contributed by atoms with Gasteiger partial charge in [-0.15, -0.1) is 0 Å². The molecule has 0 spiro atoms. The number of nitro groups is 1. The summed E-state index contributed by atoms with van der Waals surface area (Å²) in [6, 6.07) is 10.7. The number of rotatable bonds is 2. The van der Waals surface area contributed by atoms with E-state index in [-0.39, 0.29) is 17.8 Å². The molecule has 0 aromatic heterocycles. The Kier molecular flexibility index (Phi) is 3.36. The minimum atomic E-state index is -0.916. The third kappa shape index (κ3) is 2.47. The first-order chi connectivity index (χ1) is 11.9. The summed E-state index contributed by atoms with van der Waals surface area (Å²) in [7, 11) is 0. The van der Waals surface area contributed by atoms with Crippen LogP contribution in [0.15, 0.2) is 42.5 Å². The van der Waals surface area contributed by atoms with Crippen molar-refractivity contribution in [2.75, 3.05) is 4.90 Å². The van der Waals surface area contributed by atoms with Gasteiger partial charge in [-0.25, -0.2) is 4.79 Å². The second-order valence-electron chi connectivity index (χ2n) is 6.28. The molecule has 2 heterocycles. The van der Waals surface area contributed by atoms with Crippen LogP contribution in [0.1, 0.15) is 24.9 Å². The molecule has 1 saturated heterocycles. The first kappa shape index (κ1) is 15.7. The van der Waals surface area contributed by atoms with Gasteiger partial charge in [-0.1, -0.05) is 17.7 Å². The first-order valence-corrected chi connectivity index (χ1v) is 8.09. The predicted octanol–water partition coefficient (Wildman–Crippen LogP) is 4.02. The Morgan fingerprint density at radius 2 is 2.16 bits per heavy atom. The molecule has 0 unspecified atom stereocenters. The van der Waals surface area contributed by atoms with Crippen LogP contribution in [0.4, 0.5) is 16.2 Å². The van der Waals surface area contributed by atoms with Gasteiger partial charge in [0.15, 0.2) is 5.72 Å². The van der Waals surface area contributed by atoms with Crippen LogP contribution in [0.2, 0.25) is 5.02 Å². The molecule has 8 heteroatoms. The molecule has 2 aliphatic heterocycles. The Balaban J connectivity index is 1.79. The highest BCUT2D eigenvalue weighted by atomic mass is 35.5. The van der Waals surface area contributed by atoms with E-state index in [0.717, 1.165) is 0 Å². The number of hydrogen-bond donors (Lipinski definition) is 1. The summed E-state index contributed by atoms with van der Waals surface area (Å²) < 4.78 is 6.10. The smallest absolute Gasteiger partial charge is 0.325 e. The molecule has 4 rings (SSSR count). The number of carbonyl (C=O) groups is 1. The Labute approximate surface area is 148 Å². The molecule has 2 atom stereocenters. The lowest BCUT2D eigenvalue weighted by atomic mass is 9.90. The van der Waals surface area contributed by atoms with Crippen molar-refractivity contribution in [2.45, 2.75) is 25.1 Å². The summed E-state index contributed by atoms with van der Waals surface area (Å²) in [5.74, 6) is 0.524. The van der Waals surface area contributed by atoms with E-state index < -0.39 is 10.6 Å². The van der Waals surface area contributed by atoms with Crippen molar-refractivity contribution in [1.29, 1.82) is 0 Å². The third-order valence-electron chi connectivity index (χ3n) is 4.53. The van der Waals surface area contributed by atoms with E-state index in [9.17, 15) is 14.9 Å². The summed E-state index contributed by atoms with van der Waals surface area (Å²) in [4.78, 5) is 24.8. The van der Waals surface area contributed by atoms with Crippen LogP contribution in [-0.4, -0.2) is 16.7 Å². The second-order valence-corrected chi connectivity index (χ2v) is 6.71. The Morgan fingerprint density at radius 3 is 2.88 bits per heavy atom. The van der Waals surface area contributed by atoms with Gasteiger partial charge in [0.1, 0.15) is 5.75 Å². The summed E-state index contributed by atoms with van der Waals surface area (Å²) in [6.07, 6.45) is 0.458. The van der Waals surface area contributed by atoms with Crippen molar-refractivity contribution < 1.29 is 14.5 Å². The number of hydrogen-bond acceptors (Lipinski definition) is 4. The van der Waals surface area contributed by atoms with Gasteiger partial charge in [0.25, 0.3) is 5.69 Å². The van der Waals surface area contributed by atoms with Gasteiger partial charge in [0, 0.05) is 29.1 Å². The Bertz CT molecular complexity index is 903. The number of anilines is 1. The van der Waals surface area contributed by atoms with Crippen LogP contribution in [0, 0.1) is 10.1 Å². The van der Waals surface area contributed by atoms with Gasteiger partial charge >= 0.3 is 6.03 Å². The van der Waals surface area contributed by atoms with Gasteiger partial charge in [0.2, 0.25) is 0 Å². The minimum absolute atomic E-state index is 0.0301. The zero-order valence-corrected chi connectivity index (χ0v) is 14.0. The number of nitro benzene ring substituents is 1. The number of benzene rings is 2. The zero-order valence-electron chi connectivity index (χ0n) is 13.2. The molecule has 0 aliphatic carbocycles. The summed E-state index contributed by atoms with van der Waals surface area (Å²) >= 11 is 6.06. The van der Waals surface area contributed by atoms with Crippen molar-refractivity contribution in [3.8, 4) is 5.75 Å². The topological polar surface area (TPSA) is 84.7 Å². The molecule has 2 amide bonds. The lowest BCUT2D eigenvalue weighted by molar-refractivity contribution is -0.385. The van der Waals surface area contributed by atoms with Crippen molar-refractivity contribution in [3.05, 3.63) is 63.2 Å². The molecule has 2 aromatic rings. The average molecular weight is 360 g/mol. The fourth-order valence-electron chi connectivity index (χ4n) is 3.48. The lowest BCUT2D eigenvalue weighted by Gasteiger charge is -2.50. The van der Waals surface area contributed by atoms with E-state index in [1.807, 2.05) is 6.92 Å². The molecule has 1 fully saturated rings. The van der Waals surface area contributed by atoms with Gasteiger partial charge in [-0.3, -0.25) is 15.0 Å². The molecular weight excluding hydrogens is 346 g/mol. The number of amides is 2. The standard InChI is InChI=1S/C17H14ClN3O4/c1-17-9-14(13-8-12(21(23)24)5-6-15(13)25-17)19-16(22)20(17)11-4-2-3-10(18)7-11/h2-8,14H,9H2,1H3,(H,19,22)/t14-,17+/m0/s1. The molecule has 2 aliphatic rings. The number of carbonyl (C=O) groups excluding carboxylic acids is 1. The summed E-state index contributed by atoms with van der Waals surface area (Å²) in [5.41, 5.74) is 0.292. The maximum atomic E-state index is 12.7. The van der Waals surface area contributed by atoms with Crippen LogP contribution in [-0.2, 0) is 0 Å². The van der Waals surface area contributed by atoms with Crippen LogP contribution >= 0.6 is 11.6 Å². The highest BCUT2D eigenvalue weighted by Crippen LogP contribution is 2.46. The molecule has 2 aromatic carbocycles. The Hall–Kier alpha value is -2.80. The fraction of sp³-hybridized carbons (Fsp3) is 0.235. The number of non-ortho nitro benzene ring substituents is 1. The molecule has 7 nitrogen and oxygen atoms in total. The molecular formula is C17H14ClN3O4. The average Bonchev–Trinajstić information content (AvgIpc) is 2.53. The van der Waals surface area contributed by atoms with E-state index in [1.165, 1.54) is 17.0 Å².